The third kappa shape index (κ3) is 5.57. The molecule has 5 rings (SSSR count). The van der Waals surface area contributed by atoms with Crippen molar-refractivity contribution in [1.29, 1.82) is 0 Å². The molecule has 1 aliphatic carbocycles. The van der Waals surface area contributed by atoms with Gasteiger partial charge in [0.05, 0.1) is 11.4 Å². The molecule has 0 unspecified atom stereocenters. The van der Waals surface area contributed by atoms with E-state index in [1.807, 2.05) is 42.6 Å². The zero-order chi connectivity index (χ0) is 27.5. The van der Waals surface area contributed by atoms with Crippen LogP contribution < -0.4 is 4.90 Å². The van der Waals surface area contributed by atoms with Gasteiger partial charge in [-0.1, -0.05) is 45.7 Å². The van der Waals surface area contributed by atoms with Gasteiger partial charge in [0.15, 0.2) is 11.5 Å². The quantitative estimate of drug-likeness (QED) is 0.291. The number of hydrogen-bond donors (Lipinski definition) is 1. The molecule has 3 aromatic heterocycles. The Hall–Kier alpha value is -4.01. The largest absolute Gasteiger partial charge is 0.477 e. The van der Waals surface area contributed by atoms with Crippen LogP contribution in [0, 0.1) is 17.8 Å². The molecule has 204 valence electrons. The van der Waals surface area contributed by atoms with Gasteiger partial charge < -0.3 is 5.11 Å². The molecule has 1 aromatic carbocycles. The number of amides is 1. The fourth-order valence-corrected chi connectivity index (χ4v) is 5.42. The monoisotopic (exact) mass is 528 g/mol. The highest BCUT2D eigenvalue weighted by Gasteiger charge is 2.33. The normalized spacial score (nSPS) is 17.5. The molecule has 1 amide bonds. The molecule has 0 bridgehead atoms. The number of aromatic carboxylic acids is 1. The Morgan fingerprint density at radius 1 is 1.08 bits per heavy atom. The van der Waals surface area contributed by atoms with Crippen LogP contribution in [0.15, 0.2) is 55.0 Å². The predicted molar refractivity (Wildman–Crippen MR) is 150 cm³/mol. The van der Waals surface area contributed by atoms with Gasteiger partial charge in [0.1, 0.15) is 5.56 Å². The van der Waals surface area contributed by atoms with Crippen molar-refractivity contribution < 1.29 is 14.7 Å². The number of fused-ring (bicyclic) bond motifs is 1. The summed E-state index contributed by atoms with van der Waals surface area (Å²) >= 11 is 0. The molecule has 39 heavy (non-hydrogen) atoms. The fourth-order valence-electron chi connectivity index (χ4n) is 5.42. The summed E-state index contributed by atoms with van der Waals surface area (Å²) in [6.45, 7) is 6.91. The van der Waals surface area contributed by atoms with Crippen molar-refractivity contribution in [2.75, 3.05) is 11.4 Å². The minimum absolute atomic E-state index is 0.00245. The molecular formula is C30H36N6O3. The molecule has 4 aromatic rings. The van der Waals surface area contributed by atoms with Crippen molar-refractivity contribution >= 4 is 23.3 Å². The summed E-state index contributed by atoms with van der Waals surface area (Å²) in [5, 5.41) is 19.4. The van der Waals surface area contributed by atoms with Crippen molar-refractivity contribution in [1.82, 2.24) is 24.4 Å². The number of carbonyl (C=O) groups is 2. The van der Waals surface area contributed by atoms with Crippen LogP contribution in [-0.4, -0.2) is 47.9 Å². The molecule has 0 radical (unpaired) electrons. The van der Waals surface area contributed by atoms with Crippen LogP contribution in [-0.2, 0) is 4.79 Å². The van der Waals surface area contributed by atoms with E-state index in [0.717, 1.165) is 55.4 Å². The predicted octanol–water partition coefficient (Wildman–Crippen LogP) is 5.88. The van der Waals surface area contributed by atoms with E-state index < -0.39 is 5.97 Å². The lowest BCUT2D eigenvalue weighted by Crippen LogP contribution is -2.41. The molecule has 9 nitrogen and oxygen atoms in total. The van der Waals surface area contributed by atoms with E-state index in [4.69, 9.17) is 5.10 Å². The molecule has 0 aliphatic heterocycles. The van der Waals surface area contributed by atoms with E-state index in [2.05, 4.69) is 30.9 Å². The number of anilines is 1. The summed E-state index contributed by atoms with van der Waals surface area (Å²) in [7, 11) is 0. The molecule has 1 aliphatic rings. The number of benzene rings is 1. The minimum atomic E-state index is -1.09. The van der Waals surface area contributed by atoms with Crippen LogP contribution in [0.3, 0.4) is 0 Å². The summed E-state index contributed by atoms with van der Waals surface area (Å²) in [5.41, 5.74) is 3.20. The molecule has 0 saturated heterocycles. The number of carbonyl (C=O) groups excluding carboxylic acids is 1. The molecular weight excluding hydrogens is 492 g/mol. The number of carboxylic acid groups (broad SMARTS) is 1. The maximum Gasteiger partial charge on any atom is 0.341 e. The summed E-state index contributed by atoms with van der Waals surface area (Å²) < 4.78 is 3.28. The number of nitrogens with zero attached hydrogens (tertiary/aromatic N) is 6. The summed E-state index contributed by atoms with van der Waals surface area (Å²) in [4.78, 5) is 32.2. The van der Waals surface area contributed by atoms with E-state index in [-0.39, 0.29) is 29.1 Å². The maximum absolute atomic E-state index is 13.8. The van der Waals surface area contributed by atoms with Gasteiger partial charge >= 0.3 is 5.97 Å². The van der Waals surface area contributed by atoms with Gasteiger partial charge in [0.25, 0.3) is 0 Å². The molecule has 9 heteroatoms. The molecule has 0 atom stereocenters. The first-order chi connectivity index (χ1) is 18.9. The topological polar surface area (TPSA) is 106 Å². The second-order valence-corrected chi connectivity index (χ2v) is 10.7. The Kier molecular flexibility index (Phi) is 7.77. The summed E-state index contributed by atoms with van der Waals surface area (Å²) in [6, 6.07) is 11.4. The zero-order valence-electron chi connectivity index (χ0n) is 22.8. The highest BCUT2D eigenvalue weighted by Crippen LogP contribution is 2.33. The van der Waals surface area contributed by atoms with E-state index in [1.165, 1.54) is 6.20 Å². The highest BCUT2D eigenvalue weighted by atomic mass is 16.4. The van der Waals surface area contributed by atoms with E-state index >= 15 is 0 Å². The zero-order valence-corrected chi connectivity index (χ0v) is 22.8. The molecule has 1 saturated carbocycles. The Morgan fingerprint density at radius 3 is 2.44 bits per heavy atom. The Balaban J connectivity index is 1.47. The molecule has 0 spiro atoms. The standard InChI is InChI=1S/C30H36N6O3/c1-4-21(5-2)18-34(29(37)23-9-7-20(3)8-10-23)28-25(30(38)39)19-36(33-28)24-13-11-22(12-14-24)26-17-27-31-15-6-16-35(27)32-26/h6,11-17,19-21,23H,4-5,7-10,18H2,1-3H3,(H,38,39)/t20-,23-. The summed E-state index contributed by atoms with van der Waals surface area (Å²) in [6.07, 6.45) is 10.6. The van der Waals surface area contributed by atoms with Crippen LogP contribution >= 0.6 is 0 Å². The number of carboxylic acids is 1. The lowest BCUT2D eigenvalue weighted by atomic mass is 9.82. The first-order valence-corrected chi connectivity index (χ1v) is 13.9. The van der Waals surface area contributed by atoms with Crippen molar-refractivity contribution in [2.24, 2.45) is 17.8 Å². The average Bonchev–Trinajstić information content (AvgIpc) is 3.59. The van der Waals surface area contributed by atoms with Crippen molar-refractivity contribution in [3.8, 4) is 16.9 Å². The first kappa shape index (κ1) is 26.6. The van der Waals surface area contributed by atoms with Gasteiger partial charge in [0, 0.05) is 42.7 Å². The van der Waals surface area contributed by atoms with Gasteiger partial charge in [-0.15, -0.1) is 5.10 Å². The third-order valence-electron chi connectivity index (χ3n) is 8.07. The van der Waals surface area contributed by atoms with Gasteiger partial charge in [-0.3, -0.25) is 9.69 Å². The SMILES string of the molecule is CCC(CC)CN(c1nn(-c2ccc(-c3cc4ncccn4n3)cc2)cc1C(=O)O)C(=O)[C@H]1CC[C@H](C)CC1. The van der Waals surface area contributed by atoms with Crippen LogP contribution in [0.1, 0.15) is 69.7 Å². The fraction of sp³-hybridized carbons (Fsp3) is 0.433. The second kappa shape index (κ2) is 11.4. The third-order valence-corrected chi connectivity index (χ3v) is 8.07. The molecule has 3 heterocycles. The molecule has 1 N–H and O–H groups in total. The first-order valence-electron chi connectivity index (χ1n) is 13.9. The Bertz CT molecular complexity index is 1410. The van der Waals surface area contributed by atoms with Gasteiger partial charge in [0.2, 0.25) is 5.91 Å². The maximum atomic E-state index is 13.8. The van der Waals surface area contributed by atoms with Gasteiger partial charge in [-0.2, -0.15) is 5.10 Å². The van der Waals surface area contributed by atoms with Crippen LogP contribution in [0.2, 0.25) is 0 Å². The lowest BCUT2D eigenvalue weighted by molar-refractivity contribution is -0.123. The number of hydrogen-bond acceptors (Lipinski definition) is 5. The van der Waals surface area contributed by atoms with Crippen molar-refractivity contribution in [3.05, 3.63) is 60.6 Å². The Labute approximate surface area is 228 Å². The van der Waals surface area contributed by atoms with Crippen LogP contribution in [0.4, 0.5) is 5.82 Å². The average molecular weight is 529 g/mol. The van der Waals surface area contributed by atoms with Gasteiger partial charge in [-0.25, -0.2) is 19.0 Å². The van der Waals surface area contributed by atoms with Crippen LogP contribution in [0.5, 0.6) is 0 Å². The Morgan fingerprint density at radius 2 is 1.79 bits per heavy atom. The van der Waals surface area contributed by atoms with Crippen LogP contribution in [0.25, 0.3) is 22.6 Å². The lowest BCUT2D eigenvalue weighted by Gasteiger charge is -2.32. The minimum Gasteiger partial charge on any atom is -0.477 e. The van der Waals surface area contributed by atoms with Crippen molar-refractivity contribution in [2.45, 2.75) is 59.3 Å². The van der Waals surface area contributed by atoms with Gasteiger partial charge in [-0.05, 0) is 55.7 Å². The number of rotatable bonds is 9. The smallest absolute Gasteiger partial charge is 0.341 e. The second-order valence-electron chi connectivity index (χ2n) is 10.7. The van der Waals surface area contributed by atoms with E-state index in [9.17, 15) is 14.7 Å². The van der Waals surface area contributed by atoms with E-state index in [1.54, 1.807) is 20.3 Å². The summed E-state index contributed by atoms with van der Waals surface area (Å²) in [5.74, 6) is -0.0744. The highest BCUT2D eigenvalue weighted by molar-refractivity contribution is 6.01. The van der Waals surface area contributed by atoms with E-state index in [0.29, 0.717) is 18.2 Å². The number of aromatic nitrogens is 5. The molecule has 1 fully saturated rings. The van der Waals surface area contributed by atoms with Crippen molar-refractivity contribution in [3.63, 3.8) is 0 Å².